The number of aliphatic carboxylic acids is 1. The van der Waals surface area contributed by atoms with Crippen molar-refractivity contribution in [1.29, 1.82) is 0 Å². The molecule has 2 N–H and O–H groups in total. The van der Waals surface area contributed by atoms with Crippen LogP contribution in [0.1, 0.15) is 12.1 Å². The van der Waals surface area contributed by atoms with Crippen LogP contribution in [0.15, 0.2) is 24.4 Å². The van der Waals surface area contributed by atoms with E-state index in [1.165, 1.54) is 0 Å². The molecule has 0 spiro atoms. The molecule has 2 rings (SSSR count). The number of carboxylic acids is 1. The van der Waals surface area contributed by atoms with Crippen LogP contribution in [0.3, 0.4) is 0 Å². The van der Waals surface area contributed by atoms with Gasteiger partial charge in [-0.3, -0.25) is 9.78 Å². The van der Waals surface area contributed by atoms with E-state index in [1.807, 2.05) is 18.2 Å². The largest absolute Gasteiger partial charge is 0.480 e. The molecule has 1 saturated heterocycles. The molecule has 1 fully saturated rings. The second kappa shape index (κ2) is 7.48. The van der Waals surface area contributed by atoms with Crippen molar-refractivity contribution in [2.24, 2.45) is 5.92 Å². The molecular weight excluding hydrogens is 263 g/mol. The first-order valence-electron chi connectivity index (χ1n) is 5.13. The van der Waals surface area contributed by atoms with E-state index in [9.17, 15) is 4.79 Å². The third kappa shape index (κ3) is 4.15. The van der Waals surface area contributed by atoms with Gasteiger partial charge in [-0.1, -0.05) is 6.07 Å². The Labute approximate surface area is 113 Å². The second-order valence-corrected chi connectivity index (χ2v) is 3.84. The number of carboxylic acid groups (broad SMARTS) is 1. The Morgan fingerprint density at radius 3 is 2.82 bits per heavy atom. The van der Waals surface area contributed by atoms with Crippen LogP contribution in [0, 0.1) is 5.92 Å². The summed E-state index contributed by atoms with van der Waals surface area (Å²) >= 11 is 0. The van der Waals surface area contributed by atoms with E-state index in [1.54, 1.807) is 6.20 Å². The molecule has 1 aromatic rings. The van der Waals surface area contributed by atoms with Gasteiger partial charge in [0.25, 0.3) is 0 Å². The van der Waals surface area contributed by atoms with Gasteiger partial charge in [0.15, 0.2) is 0 Å². The molecule has 96 valence electrons. The van der Waals surface area contributed by atoms with Gasteiger partial charge in [-0.2, -0.15) is 0 Å². The average molecular weight is 279 g/mol. The number of halogens is 2. The summed E-state index contributed by atoms with van der Waals surface area (Å²) in [7, 11) is 0. The molecule has 0 saturated carbocycles. The predicted octanol–water partition coefficient (Wildman–Crippen LogP) is 1.53. The van der Waals surface area contributed by atoms with Gasteiger partial charge in [-0.25, -0.2) is 0 Å². The molecular formula is C11H16Cl2N2O2. The second-order valence-electron chi connectivity index (χ2n) is 3.84. The molecule has 0 radical (unpaired) electrons. The summed E-state index contributed by atoms with van der Waals surface area (Å²) in [6.45, 7) is 0.786. The third-order valence-corrected chi connectivity index (χ3v) is 2.81. The van der Waals surface area contributed by atoms with Crippen molar-refractivity contribution >= 4 is 30.8 Å². The Bertz CT molecular complexity index is 349. The summed E-state index contributed by atoms with van der Waals surface area (Å²) in [5, 5.41) is 12.0. The van der Waals surface area contributed by atoms with Crippen molar-refractivity contribution in [2.45, 2.75) is 18.9 Å². The lowest BCUT2D eigenvalue weighted by atomic mass is 9.95. The van der Waals surface area contributed by atoms with Crippen LogP contribution in [0.5, 0.6) is 0 Å². The number of hydrogen-bond donors (Lipinski definition) is 2. The first-order chi connectivity index (χ1) is 7.27. The summed E-state index contributed by atoms with van der Waals surface area (Å²) in [6.07, 6.45) is 3.39. The maximum atomic E-state index is 10.9. The summed E-state index contributed by atoms with van der Waals surface area (Å²) in [5.41, 5.74) is 0.970. The van der Waals surface area contributed by atoms with Gasteiger partial charge in [0.1, 0.15) is 6.04 Å². The van der Waals surface area contributed by atoms with Crippen LogP contribution in [0.25, 0.3) is 0 Å². The fraction of sp³-hybridized carbons (Fsp3) is 0.455. The molecule has 0 amide bonds. The minimum atomic E-state index is -0.756. The summed E-state index contributed by atoms with van der Waals surface area (Å²) in [4.78, 5) is 15.1. The molecule has 1 aliphatic heterocycles. The highest BCUT2D eigenvalue weighted by molar-refractivity contribution is 5.85. The summed E-state index contributed by atoms with van der Waals surface area (Å²) in [6, 6.07) is 5.33. The van der Waals surface area contributed by atoms with Gasteiger partial charge >= 0.3 is 5.97 Å². The average Bonchev–Trinajstić information content (AvgIpc) is 2.67. The predicted molar refractivity (Wildman–Crippen MR) is 70.0 cm³/mol. The van der Waals surface area contributed by atoms with E-state index in [2.05, 4.69) is 10.3 Å². The molecule has 6 heteroatoms. The highest BCUT2D eigenvalue weighted by Crippen LogP contribution is 2.19. The summed E-state index contributed by atoms with van der Waals surface area (Å²) < 4.78 is 0. The van der Waals surface area contributed by atoms with Crippen LogP contribution >= 0.6 is 24.8 Å². The van der Waals surface area contributed by atoms with Crippen LogP contribution < -0.4 is 5.32 Å². The monoisotopic (exact) mass is 278 g/mol. The molecule has 0 aromatic carbocycles. The number of carbonyl (C=O) groups is 1. The van der Waals surface area contributed by atoms with E-state index in [0.29, 0.717) is 0 Å². The van der Waals surface area contributed by atoms with E-state index >= 15 is 0 Å². The molecule has 2 heterocycles. The van der Waals surface area contributed by atoms with Crippen molar-refractivity contribution in [3.8, 4) is 0 Å². The van der Waals surface area contributed by atoms with Gasteiger partial charge in [0.2, 0.25) is 0 Å². The maximum Gasteiger partial charge on any atom is 0.320 e. The number of aromatic nitrogens is 1. The highest BCUT2D eigenvalue weighted by atomic mass is 35.5. The lowest BCUT2D eigenvalue weighted by molar-refractivity contribution is -0.140. The molecule has 4 nitrogen and oxygen atoms in total. The minimum Gasteiger partial charge on any atom is -0.480 e. The van der Waals surface area contributed by atoms with E-state index < -0.39 is 12.0 Å². The highest BCUT2D eigenvalue weighted by Gasteiger charge is 2.32. The first-order valence-corrected chi connectivity index (χ1v) is 5.13. The van der Waals surface area contributed by atoms with Gasteiger partial charge in [-0.15, -0.1) is 24.8 Å². The van der Waals surface area contributed by atoms with Crippen molar-refractivity contribution in [3.63, 3.8) is 0 Å². The Kier molecular flexibility index (Phi) is 7.11. The smallest absolute Gasteiger partial charge is 0.320 e. The first kappa shape index (κ1) is 16.2. The van der Waals surface area contributed by atoms with E-state index in [4.69, 9.17) is 5.11 Å². The van der Waals surface area contributed by atoms with Crippen molar-refractivity contribution in [1.82, 2.24) is 10.3 Å². The number of rotatable bonds is 3. The van der Waals surface area contributed by atoms with E-state index in [-0.39, 0.29) is 30.7 Å². The molecule has 0 aliphatic carbocycles. The molecule has 1 aliphatic rings. The molecule has 0 bridgehead atoms. The zero-order chi connectivity index (χ0) is 10.7. The minimum absolute atomic E-state index is 0. The zero-order valence-corrected chi connectivity index (χ0v) is 10.8. The van der Waals surface area contributed by atoms with Gasteiger partial charge in [-0.05, 0) is 37.4 Å². The SMILES string of the molecule is Cl.Cl.O=C(O)[C@H]1NCCC1Cc1ccccn1. The lowest BCUT2D eigenvalue weighted by Crippen LogP contribution is -2.36. The molecule has 1 aromatic heterocycles. The Morgan fingerprint density at radius 1 is 1.47 bits per heavy atom. The number of nitrogens with zero attached hydrogens (tertiary/aromatic N) is 1. The molecule has 2 atom stereocenters. The van der Waals surface area contributed by atoms with Crippen molar-refractivity contribution in [3.05, 3.63) is 30.1 Å². The fourth-order valence-electron chi connectivity index (χ4n) is 2.05. The number of hydrogen-bond acceptors (Lipinski definition) is 3. The van der Waals surface area contributed by atoms with Gasteiger partial charge in [0.05, 0.1) is 0 Å². The Morgan fingerprint density at radius 2 is 2.24 bits per heavy atom. The van der Waals surface area contributed by atoms with Gasteiger partial charge in [0, 0.05) is 11.9 Å². The van der Waals surface area contributed by atoms with Crippen molar-refractivity contribution in [2.75, 3.05) is 6.54 Å². The quantitative estimate of drug-likeness (QED) is 0.880. The standard InChI is InChI=1S/C11H14N2O2.2ClH/c14-11(15)10-8(4-6-13-10)7-9-3-1-2-5-12-9;;/h1-3,5,8,10,13H,4,6-7H2,(H,14,15);2*1H/t8?,10-;;/m0../s1. The van der Waals surface area contributed by atoms with Crippen LogP contribution in [-0.4, -0.2) is 28.6 Å². The topological polar surface area (TPSA) is 62.2 Å². The molecule has 1 unspecified atom stereocenters. The molecule has 17 heavy (non-hydrogen) atoms. The van der Waals surface area contributed by atoms with E-state index in [0.717, 1.165) is 25.1 Å². The maximum absolute atomic E-state index is 10.9. The lowest BCUT2D eigenvalue weighted by Gasteiger charge is -2.14. The van der Waals surface area contributed by atoms with Crippen LogP contribution in [0.4, 0.5) is 0 Å². The Hall–Kier alpha value is -0.840. The summed E-state index contributed by atoms with van der Waals surface area (Å²) in [5.74, 6) is -0.592. The zero-order valence-electron chi connectivity index (χ0n) is 9.20. The normalized spacial score (nSPS) is 22.4. The van der Waals surface area contributed by atoms with Crippen molar-refractivity contribution < 1.29 is 9.90 Å². The van der Waals surface area contributed by atoms with Gasteiger partial charge < -0.3 is 10.4 Å². The van der Waals surface area contributed by atoms with Crippen LogP contribution in [-0.2, 0) is 11.2 Å². The van der Waals surface area contributed by atoms with Crippen LogP contribution in [0.2, 0.25) is 0 Å². The number of nitrogens with one attached hydrogen (secondary N) is 1. The Balaban J connectivity index is 0.00000128. The third-order valence-electron chi connectivity index (χ3n) is 2.81. The fourth-order valence-corrected chi connectivity index (χ4v) is 2.05. The number of pyridine rings is 1.